The first-order chi connectivity index (χ1) is 6.89. The maximum Gasteiger partial charge on any atom is 0.0384 e. The van der Waals surface area contributed by atoms with Crippen molar-refractivity contribution in [3.05, 3.63) is 0 Å². The third-order valence-corrected chi connectivity index (χ3v) is 4.78. The minimum absolute atomic E-state index is 0.267. The molecule has 0 nitrogen and oxygen atoms in total. The molecule has 0 N–H and O–H groups in total. The van der Waals surface area contributed by atoms with Crippen LogP contribution in [-0.4, -0.2) is 5.38 Å². The Hall–Kier alpha value is 0.290. The lowest BCUT2D eigenvalue weighted by molar-refractivity contribution is 0.259. The largest absolute Gasteiger partial charge is 0.122 e. The summed E-state index contributed by atoms with van der Waals surface area (Å²) in [6.45, 7) is 9.12. The Kier molecular flexibility index (Phi) is 4.96. The molecule has 0 radical (unpaired) electrons. The molecule has 1 unspecified atom stereocenters. The Labute approximate surface area is 101 Å². The lowest BCUT2D eigenvalue weighted by atomic mass is 9.79. The van der Waals surface area contributed by atoms with Gasteiger partial charge in [-0.05, 0) is 30.1 Å². The van der Waals surface area contributed by atoms with Gasteiger partial charge in [0.25, 0.3) is 0 Å². The van der Waals surface area contributed by atoms with Crippen molar-refractivity contribution in [1.82, 2.24) is 0 Å². The van der Waals surface area contributed by atoms with Crippen molar-refractivity contribution in [2.24, 2.45) is 17.3 Å². The lowest BCUT2D eigenvalue weighted by Crippen LogP contribution is -2.22. The summed E-state index contributed by atoms with van der Waals surface area (Å²) in [6, 6.07) is 0. The molecule has 0 aliphatic heterocycles. The molecule has 1 aliphatic carbocycles. The van der Waals surface area contributed by atoms with Gasteiger partial charge < -0.3 is 0 Å². The van der Waals surface area contributed by atoms with Crippen LogP contribution in [0.3, 0.4) is 0 Å². The summed E-state index contributed by atoms with van der Waals surface area (Å²) < 4.78 is 0. The van der Waals surface area contributed by atoms with Crippen LogP contribution in [0.2, 0.25) is 0 Å². The maximum atomic E-state index is 6.40. The van der Waals surface area contributed by atoms with E-state index < -0.39 is 0 Å². The van der Waals surface area contributed by atoms with Crippen LogP contribution in [0.4, 0.5) is 0 Å². The molecule has 0 spiro atoms. The van der Waals surface area contributed by atoms with Gasteiger partial charge in [0.05, 0.1) is 0 Å². The molecule has 0 aromatic carbocycles. The molecule has 1 saturated carbocycles. The number of alkyl halides is 1. The number of rotatable bonds is 3. The van der Waals surface area contributed by atoms with Crippen LogP contribution in [0.1, 0.15) is 66.2 Å². The minimum atomic E-state index is 0.267. The fourth-order valence-corrected chi connectivity index (χ4v) is 2.56. The Morgan fingerprint density at radius 1 is 1.13 bits per heavy atom. The van der Waals surface area contributed by atoms with Gasteiger partial charge in [0.15, 0.2) is 0 Å². The molecule has 90 valence electrons. The molecule has 0 amide bonds. The van der Waals surface area contributed by atoms with Gasteiger partial charge in [0.2, 0.25) is 0 Å². The van der Waals surface area contributed by atoms with Crippen LogP contribution in [-0.2, 0) is 0 Å². The standard InChI is InChI=1S/C14H27Cl/c1-11-5-7-12(8-6-11)9-10-13(15)14(2,3)4/h11-13H,5-10H2,1-4H3. The van der Waals surface area contributed by atoms with Crippen molar-refractivity contribution < 1.29 is 0 Å². The number of hydrogen-bond acceptors (Lipinski definition) is 0. The second kappa shape index (κ2) is 5.57. The summed E-state index contributed by atoms with van der Waals surface area (Å²) in [7, 11) is 0. The SMILES string of the molecule is CC1CCC(CCC(Cl)C(C)(C)C)CC1. The summed E-state index contributed by atoms with van der Waals surface area (Å²) in [6.07, 6.45) is 8.30. The normalized spacial score (nSPS) is 30.2. The molecule has 0 bridgehead atoms. The van der Waals surface area contributed by atoms with Crippen molar-refractivity contribution >= 4 is 11.6 Å². The summed E-state index contributed by atoms with van der Waals surface area (Å²) >= 11 is 6.40. The molecule has 0 heterocycles. The van der Waals surface area contributed by atoms with Gasteiger partial charge in [0.1, 0.15) is 0 Å². The summed E-state index contributed by atoms with van der Waals surface area (Å²) in [5.41, 5.74) is 0.267. The molecular weight excluding hydrogens is 204 g/mol. The molecule has 1 atom stereocenters. The highest BCUT2D eigenvalue weighted by Gasteiger charge is 2.24. The van der Waals surface area contributed by atoms with E-state index in [4.69, 9.17) is 11.6 Å². The first kappa shape index (κ1) is 13.4. The van der Waals surface area contributed by atoms with Crippen molar-refractivity contribution in [1.29, 1.82) is 0 Å². The molecule has 0 saturated heterocycles. The second-order valence-corrected chi connectivity index (χ2v) is 7.06. The molecule has 1 heteroatoms. The molecule has 0 aromatic rings. The van der Waals surface area contributed by atoms with Gasteiger partial charge in [-0.15, -0.1) is 11.6 Å². The molecule has 1 fully saturated rings. The van der Waals surface area contributed by atoms with Gasteiger partial charge in [-0.2, -0.15) is 0 Å². The van der Waals surface area contributed by atoms with Crippen LogP contribution < -0.4 is 0 Å². The highest BCUT2D eigenvalue weighted by molar-refractivity contribution is 6.21. The lowest BCUT2D eigenvalue weighted by Gasteiger charge is -2.29. The fraction of sp³-hybridized carbons (Fsp3) is 1.00. The van der Waals surface area contributed by atoms with Gasteiger partial charge in [-0.1, -0.05) is 53.4 Å². The summed E-state index contributed by atoms with van der Waals surface area (Å²) in [4.78, 5) is 0. The zero-order valence-corrected chi connectivity index (χ0v) is 11.6. The van der Waals surface area contributed by atoms with Crippen molar-refractivity contribution in [2.45, 2.75) is 71.6 Å². The monoisotopic (exact) mass is 230 g/mol. The fourth-order valence-electron chi connectivity index (χ4n) is 2.43. The average molecular weight is 231 g/mol. The van der Waals surface area contributed by atoms with E-state index in [2.05, 4.69) is 27.7 Å². The third-order valence-electron chi connectivity index (χ3n) is 3.90. The quantitative estimate of drug-likeness (QED) is 0.582. The first-order valence-electron chi connectivity index (χ1n) is 6.53. The van der Waals surface area contributed by atoms with E-state index in [9.17, 15) is 0 Å². The van der Waals surface area contributed by atoms with Gasteiger partial charge in [0, 0.05) is 5.38 Å². The van der Waals surface area contributed by atoms with Crippen molar-refractivity contribution in [3.8, 4) is 0 Å². The molecule has 15 heavy (non-hydrogen) atoms. The topological polar surface area (TPSA) is 0 Å². The Balaban J connectivity index is 2.20. The van der Waals surface area contributed by atoms with Crippen LogP contribution in [0.15, 0.2) is 0 Å². The van der Waals surface area contributed by atoms with Gasteiger partial charge >= 0.3 is 0 Å². The third kappa shape index (κ3) is 4.76. The summed E-state index contributed by atoms with van der Waals surface area (Å²) in [5, 5.41) is 0.344. The minimum Gasteiger partial charge on any atom is -0.122 e. The Morgan fingerprint density at radius 3 is 2.13 bits per heavy atom. The Bertz CT molecular complexity index is 172. The van der Waals surface area contributed by atoms with E-state index in [1.54, 1.807) is 0 Å². The van der Waals surface area contributed by atoms with E-state index >= 15 is 0 Å². The van der Waals surface area contributed by atoms with E-state index in [0.717, 1.165) is 11.8 Å². The van der Waals surface area contributed by atoms with E-state index in [1.165, 1.54) is 38.5 Å². The van der Waals surface area contributed by atoms with Gasteiger partial charge in [-0.3, -0.25) is 0 Å². The van der Waals surface area contributed by atoms with Crippen LogP contribution in [0.5, 0.6) is 0 Å². The van der Waals surface area contributed by atoms with Crippen molar-refractivity contribution in [2.75, 3.05) is 0 Å². The smallest absolute Gasteiger partial charge is 0.0384 e. The number of hydrogen-bond donors (Lipinski definition) is 0. The van der Waals surface area contributed by atoms with Gasteiger partial charge in [-0.25, -0.2) is 0 Å². The Morgan fingerprint density at radius 2 is 1.67 bits per heavy atom. The van der Waals surface area contributed by atoms with Crippen LogP contribution in [0, 0.1) is 17.3 Å². The first-order valence-corrected chi connectivity index (χ1v) is 6.97. The molecular formula is C14H27Cl. The van der Waals surface area contributed by atoms with Crippen LogP contribution >= 0.6 is 11.6 Å². The molecule has 1 rings (SSSR count). The zero-order chi connectivity index (χ0) is 11.5. The highest BCUT2D eigenvalue weighted by atomic mass is 35.5. The molecule has 0 aromatic heterocycles. The summed E-state index contributed by atoms with van der Waals surface area (Å²) in [5.74, 6) is 1.93. The van der Waals surface area contributed by atoms with Crippen molar-refractivity contribution in [3.63, 3.8) is 0 Å². The van der Waals surface area contributed by atoms with E-state index in [-0.39, 0.29) is 5.41 Å². The highest BCUT2D eigenvalue weighted by Crippen LogP contribution is 2.34. The predicted octanol–water partition coefficient (Wildman–Crippen LogP) is 5.25. The molecule has 1 aliphatic rings. The zero-order valence-electron chi connectivity index (χ0n) is 10.9. The predicted molar refractivity (Wildman–Crippen MR) is 69.5 cm³/mol. The van der Waals surface area contributed by atoms with E-state index in [1.807, 2.05) is 0 Å². The second-order valence-electron chi connectivity index (χ2n) is 6.54. The number of halogens is 1. The van der Waals surface area contributed by atoms with Crippen LogP contribution in [0.25, 0.3) is 0 Å². The maximum absolute atomic E-state index is 6.40. The average Bonchev–Trinajstić information content (AvgIpc) is 2.15. The van der Waals surface area contributed by atoms with E-state index in [0.29, 0.717) is 5.38 Å².